The number of carboxylic acids is 1. The van der Waals surface area contributed by atoms with E-state index in [0.29, 0.717) is 13.2 Å². The van der Waals surface area contributed by atoms with Crippen molar-refractivity contribution in [2.75, 3.05) is 13.2 Å². The number of carbonyl (C=O) groups is 1. The highest BCUT2D eigenvalue weighted by molar-refractivity contribution is 5.73. The number of hydrogen-bond acceptors (Lipinski definition) is 4. The van der Waals surface area contributed by atoms with Crippen molar-refractivity contribution in [3.63, 3.8) is 0 Å². The Balaban J connectivity index is 0.000000441. The van der Waals surface area contributed by atoms with Crippen LogP contribution in [0.2, 0.25) is 0 Å². The van der Waals surface area contributed by atoms with Gasteiger partial charge in [-0.15, -0.1) is 13.2 Å². The van der Waals surface area contributed by atoms with Crippen molar-refractivity contribution >= 4 is 5.97 Å². The van der Waals surface area contributed by atoms with Gasteiger partial charge in [-0.05, 0) is 24.1 Å². The molecule has 1 rings (SSSR count). The first-order valence-corrected chi connectivity index (χ1v) is 6.07. The van der Waals surface area contributed by atoms with Crippen molar-refractivity contribution in [1.29, 1.82) is 0 Å². The lowest BCUT2D eigenvalue weighted by Gasteiger charge is -2.05. The normalized spacial score (nSPS) is 10.8. The summed E-state index contributed by atoms with van der Waals surface area (Å²) in [6.45, 7) is 8.18. The minimum absolute atomic E-state index is 0.160. The van der Waals surface area contributed by atoms with E-state index in [4.69, 9.17) is 20.7 Å². The molecule has 0 saturated carbocycles. The molecule has 0 radical (unpaired) electrons. The molecule has 0 amide bonds. The van der Waals surface area contributed by atoms with Crippen molar-refractivity contribution < 1.29 is 19.7 Å². The fraction of sp³-hybridized carbons (Fsp3) is 0.267. The highest BCUT2D eigenvalue weighted by Gasteiger charge is 2.11. The molecule has 0 aliphatic heterocycles. The van der Waals surface area contributed by atoms with Crippen LogP contribution < -0.4 is 5.73 Å². The second-order valence-corrected chi connectivity index (χ2v) is 3.93. The van der Waals surface area contributed by atoms with Crippen molar-refractivity contribution in [1.82, 2.24) is 0 Å². The van der Waals surface area contributed by atoms with Gasteiger partial charge < -0.3 is 20.7 Å². The molecule has 0 bridgehead atoms. The molecule has 0 aliphatic rings. The monoisotopic (exact) mass is 279 g/mol. The van der Waals surface area contributed by atoms with Crippen LogP contribution >= 0.6 is 0 Å². The highest BCUT2D eigenvalue weighted by Crippen LogP contribution is 2.10. The zero-order valence-electron chi connectivity index (χ0n) is 11.4. The van der Waals surface area contributed by atoms with Crippen LogP contribution in [0.5, 0.6) is 5.75 Å². The summed E-state index contributed by atoms with van der Waals surface area (Å²) in [4.78, 5) is 10.4. The van der Waals surface area contributed by atoms with Gasteiger partial charge in [0.05, 0.1) is 13.2 Å². The van der Waals surface area contributed by atoms with Crippen LogP contribution in [-0.4, -0.2) is 35.4 Å². The highest BCUT2D eigenvalue weighted by atomic mass is 16.5. The summed E-state index contributed by atoms with van der Waals surface area (Å²) in [5.74, 6) is -0.860. The second kappa shape index (κ2) is 10.8. The molecule has 1 unspecified atom stereocenters. The van der Waals surface area contributed by atoms with Crippen molar-refractivity contribution in [3.8, 4) is 5.75 Å². The number of aromatic hydroxyl groups is 1. The minimum atomic E-state index is -1.02. The Bertz CT molecular complexity index is 406. The molecule has 1 atom stereocenters. The van der Waals surface area contributed by atoms with Gasteiger partial charge in [0.15, 0.2) is 0 Å². The summed E-state index contributed by atoms with van der Waals surface area (Å²) >= 11 is 0. The van der Waals surface area contributed by atoms with E-state index in [1.807, 2.05) is 0 Å². The van der Waals surface area contributed by atoms with Crippen molar-refractivity contribution in [2.24, 2.45) is 5.73 Å². The van der Waals surface area contributed by atoms with Gasteiger partial charge in [-0.3, -0.25) is 4.79 Å². The predicted octanol–water partition coefficient (Wildman–Crippen LogP) is 1.72. The molecule has 110 valence electrons. The average Bonchev–Trinajstić information content (AvgIpc) is 2.42. The quantitative estimate of drug-likeness (QED) is 0.522. The van der Waals surface area contributed by atoms with E-state index in [1.165, 1.54) is 12.1 Å². The Morgan fingerprint density at radius 1 is 1.25 bits per heavy atom. The summed E-state index contributed by atoms with van der Waals surface area (Å²) in [5, 5.41) is 17.5. The molecule has 5 nitrogen and oxygen atoms in total. The van der Waals surface area contributed by atoms with E-state index >= 15 is 0 Å². The molecule has 0 heterocycles. The van der Waals surface area contributed by atoms with Gasteiger partial charge in [-0.2, -0.15) is 0 Å². The number of rotatable bonds is 7. The lowest BCUT2D eigenvalue weighted by molar-refractivity contribution is -0.138. The molecule has 0 fully saturated rings. The van der Waals surface area contributed by atoms with Crippen LogP contribution in [0.1, 0.15) is 5.56 Å². The van der Waals surface area contributed by atoms with Crippen LogP contribution in [0.15, 0.2) is 49.6 Å². The molecule has 1 aromatic rings. The van der Waals surface area contributed by atoms with Gasteiger partial charge in [-0.25, -0.2) is 0 Å². The van der Waals surface area contributed by atoms with E-state index in [-0.39, 0.29) is 12.2 Å². The van der Waals surface area contributed by atoms with Gasteiger partial charge in [0.2, 0.25) is 0 Å². The number of benzene rings is 1. The molecular weight excluding hydrogens is 258 g/mol. The average molecular weight is 279 g/mol. The van der Waals surface area contributed by atoms with Crippen LogP contribution in [0.25, 0.3) is 0 Å². The zero-order chi connectivity index (χ0) is 15.4. The predicted molar refractivity (Wildman–Crippen MR) is 78.6 cm³/mol. The second-order valence-electron chi connectivity index (χ2n) is 3.93. The topological polar surface area (TPSA) is 92.8 Å². The Labute approximate surface area is 119 Å². The molecule has 5 heteroatoms. The summed E-state index contributed by atoms with van der Waals surface area (Å²) in [7, 11) is 0. The lowest BCUT2D eigenvalue weighted by atomic mass is 10.1. The van der Waals surface area contributed by atoms with Crippen LogP contribution in [-0.2, 0) is 16.0 Å². The van der Waals surface area contributed by atoms with E-state index in [0.717, 1.165) is 5.56 Å². The maximum Gasteiger partial charge on any atom is 0.320 e. The van der Waals surface area contributed by atoms with E-state index < -0.39 is 12.0 Å². The smallest absolute Gasteiger partial charge is 0.320 e. The Kier molecular flexibility index (Phi) is 9.64. The fourth-order valence-electron chi connectivity index (χ4n) is 1.21. The summed E-state index contributed by atoms with van der Waals surface area (Å²) in [5.41, 5.74) is 6.12. The SMILES string of the molecule is C=CCOCC=C.NC(Cc1ccc(O)cc1)C(=O)O. The van der Waals surface area contributed by atoms with Gasteiger partial charge >= 0.3 is 5.97 Å². The van der Waals surface area contributed by atoms with Crippen molar-refractivity contribution in [3.05, 3.63) is 55.1 Å². The summed E-state index contributed by atoms with van der Waals surface area (Å²) in [6.07, 6.45) is 3.70. The zero-order valence-corrected chi connectivity index (χ0v) is 11.4. The minimum Gasteiger partial charge on any atom is -0.508 e. The first kappa shape index (κ1) is 17.9. The van der Waals surface area contributed by atoms with Crippen LogP contribution in [0.4, 0.5) is 0 Å². The van der Waals surface area contributed by atoms with Crippen LogP contribution in [0, 0.1) is 0 Å². The fourth-order valence-corrected chi connectivity index (χ4v) is 1.21. The number of phenolic OH excluding ortho intramolecular Hbond substituents is 1. The number of aliphatic carboxylic acids is 1. The first-order valence-electron chi connectivity index (χ1n) is 6.07. The third kappa shape index (κ3) is 8.91. The summed E-state index contributed by atoms with van der Waals surface area (Å²) < 4.78 is 4.90. The van der Waals surface area contributed by atoms with Crippen molar-refractivity contribution in [2.45, 2.75) is 12.5 Å². The first-order chi connectivity index (χ1) is 9.51. The Morgan fingerprint density at radius 2 is 1.75 bits per heavy atom. The number of hydrogen-bond donors (Lipinski definition) is 3. The van der Waals surface area contributed by atoms with E-state index in [2.05, 4.69) is 13.2 Å². The molecule has 0 spiro atoms. The number of ether oxygens (including phenoxy) is 1. The number of nitrogens with two attached hydrogens (primary N) is 1. The number of phenols is 1. The third-order valence-electron chi connectivity index (χ3n) is 2.18. The maximum atomic E-state index is 10.4. The standard InChI is InChI=1S/C9H11NO3.C6H10O/c10-8(9(12)13)5-6-1-3-7(11)4-2-6;1-3-5-7-6-4-2/h1-4,8,11H,5,10H2,(H,12,13);3-4H,1-2,5-6H2. The molecule has 0 aliphatic carbocycles. The van der Waals surface area contributed by atoms with E-state index in [9.17, 15) is 4.79 Å². The largest absolute Gasteiger partial charge is 0.508 e. The number of carboxylic acid groups (broad SMARTS) is 1. The van der Waals surface area contributed by atoms with Gasteiger partial charge in [-0.1, -0.05) is 24.3 Å². The maximum absolute atomic E-state index is 10.4. The molecule has 0 aromatic heterocycles. The molecular formula is C15H21NO4. The van der Waals surface area contributed by atoms with Gasteiger partial charge in [0.1, 0.15) is 11.8 Å². The molecule has 0 saturated heterocycles. The Morgan fingerprint density at radius 3 is 2.15 bits per heavy atom. The Hall–Kier alpha value is -2.11. The molecule has 20 heavy (non-hydrogen) atoms. The van der Waals surface area contributed by atoms with Crippen LogP contribution in [0.3, 0.4) is 0 Å². The van der Waals surface area contributed by atoms with Gasteiger partial charge in [0, 0.05) is 0 Å². The summed E-state index contributed by atoms with van der Waals surface area (Å²) in [6, 6.07) is 5.42. The van der Waals surface area contributed by atoms with E-state index in [1.54, 1.807) is 24.3 Å². The molecule has 4 N–H and O–H groups in total. The molecule has 1 aromatic carbocycles. The van der Waals surface area contributed by atoms with Gasteiger partial charge in [0.25, 0.3) is 0 Å². The lowest BCUT2D eigenvalue weighted by Crippen LogP contribution is -2.32. The third-order valence-corrected chi connectivity index (χ3v) is 2.18.